The number of likely N-dealkylation sites (N-methyl/N-ethyl adjacent to an activating group) is 1. The van der Waals surface area contributed by atoms with Gasteiger partial charge in [-0.2, -0.15) is 0 Å². The van der Waals surface area contributed by atoms with Crippen molar-refractivity contribution in [2.24, 2.45) is 0 Å². The van der Waals surface area contributed by atoms with E-state index in [1.807, 2.05) is 4.90 Å². The molecule has 1 fully saturated rings. The van der Waals surface area contributed by atoms with Gasteiger partial charge in [-0.25, -0.2) is 4.79 Å². The fourth-order valence-corrected chi connectivity index (χ4v) is 2.09. The molecule has 0 bridgehead atoms. The molecule has 1 unspecified atom stereocenters. The van der Waals surface area contributed by atoms with Gasteiger partial charge >= 0.3 is 5.97 Å². The van der Waals surface area contributed by atoms with Crippen LogP contribution in [0.2, 0.25) is 0 Å². The number of methoxy groups -OCH3 is 1. The highest BCUT2D eigenvalue weighted by atomic mass is 16.5. The lowest BCUT2D eigenvalue weighted by Gasteiger charge is -2.33. The first kappa shape index (κ1) is 14.3. The van der Waals surface area contributed by atoms with Gasteiger partial charge in [-0.3, -0.25) is 4.79 Å². The van der Waals surface area contributed by atoms with Crippen LogP contribution in [0.25, 0.3) is 0 Å². The summed E-state index contributed by atoms with van der Waals surface area (Å²) in [5, 5.41) is 9.72. The highest BCUT2D eigenvalue weighted by Gasteiger charge is 2.22. The van der Waals surface area contributed by atoms with E-state index in [0.717, 1.165) is 12.2 Å². The van der Waals surface area contributed by atoms with Crippen LogP contribution in [0.15, 0.2) is 24.3 Å². The molecule has 0 saturated carbocycles. The second-order valence-corrected chi connectivity index (χ2v) is 4.75. The predicted molar refractivity (Wildman–Crippen MR) is 73.3 cm³/mol. The van der Waals surface area contributed by atoms with Crippen molar-refractivity contribution in [3.05, 3.63) is 29.8 Å². The standard InChI is InChI=1S/C14H18N2O4/c1-15-7-8-16(9-12(15)17)11-5-3-10(4-6-11)13(18)14(19)20-2/h3-6,13,18H,7-9H2,1-2H3. The molecule has 1 amide bonds. The number of esters is 1. The van der Waals surface area contributed by atoms with Crippen molar-refractivity contribution >= 4 is 17.6 Å². The lowest BCUT2D eigenvalue weighted by Crippen LogP contribution is -2.48. The molecule has 1 aromatic carbocycles. The fraction of sp³-hybridized carbons (Fsp3) is 0.429. The molecule has 1 aliphatic rings. The van der Waals surface area contributed by atoms with E-state index in [4.69, 9.17) is 0 Å². The maximum absolute atomic E-state index is 11.7. The number of hydrogen-bond acceptors (Lipinski definition) is 5. The normalized spacial score (nSPS) is 17.1. The van der Waals surface area contributed by atoms with Gasteiger partial charge in [0.1, 0.15) is 0 Å². The van der Waals surface area contributed by atoms with Gasteiger partial charge in [0, 0.05) is 25.8 Å². The summed E-state index contributed by atoms with van der Waals surface area (Å²) in [5.74, 6) is -0.609. The van der Waals surface area contributed by atoms with Gasteiger partial charge in [0.15, 0.2) is 6.10 Å². The Morgan fingerprint density at radius 2 is 1.95 bits per heavy atom. The lowest BCUT2D eigenvalue weighted by molar-refractivity contribution is -0.150. The molecule has 1 atom stereocenters. The van der Waals surface area contributed by atoms with Crippen LogP contribution in [0.4, 0.5) is 5.69 Å². The van der Waals surface area contributed by atoms with E-state index in [1.54, 1.807) is 36.2 Å². The molecular formula is C14H18N2O4. The van der Waals surface area contributed by atoms with Crippen LogP contribution in [0, 0.1) is 0 Å². The Balaban J connectivity index is 2.08. The molecule has 1 heterocycles. The number of carbonyl (C=O) groups is 2. The molecule has 6 nitrogen and oxygen atoms in total. The van der Waals surface area contributed by atoms with Gasteiger partial charge in [-0.05, 0) is 17.7 Å². The number of piperazine rings is 1. The second kappa shape index (κ2) is 5.92. The van der Waals surface area contributed by atoms with E-state index in [2.05, 4.69) is 4.74 Å². The molecule has 0 aliphatic carbocycles. The Morgan fingerprint density at radius 1 is 1.30 bits per heavy atom. The number of benzene rings is 1. The first-order chi connectivity index (χ1) is 9.52. The first-order valence-electron chi connectivity index (χ1n) is 6.37. The summed E-state index contributed by atoms with van der Waals surface area (Å²) in [5.41, 5.74) is 1.37. The highest BCUT2D eigenvalue weighted by Crippen LogP contribution is 2.21. The minimum atomic E-state index is -1.27. The summed E-state index contributed by atoms with van der Waals surface area (Å²) in [7, 11) is 3.02. The average molecular weight is 278 g/mol. The lowest BCUT2D eigenvalue weighted by atomic mass is 10.1. The zero-order valence-corrected chi connectivity index (χ0v) is 11.6. The number of anilines is 1. The summed E-state index contributed by atoms with van der Waals surface area (Å²) in [6.45, 7) is 1.79. The number of carbonyl (C=O) groups excluding carboxylic acids is 2. The molecule has 20 heavy (non-hydrogen) atoms. The van der Waals surface area contributed by atoms with Crippen LogP contribution < -0.4 is 4.90 Å². The average Bonchev–Trinajstić information content (AvgIpc) is 2.48. The molecule has 0 radical (unpaired) electrons. The fourth-order valence-electron chi connectivity index (χ4n) is 2.09. The maximum atomic E-state index is 11.7. The van der Waals surface area contributed by atoms with Crippen molar-refractivity contribution in [3.8, 4) is 0 Å². The van der Waals surface area contributed by atoms with E-state index < -0.39 is 12.1 Å². The van der Waals surface area contributed by atoms with Gasteiger partial charge in [-0.15, -0.1) is 0 Å². The van der Waals surface area contributed by atoms with Gasteiger partial charge < -0.3 is 19.6 Å². The number of hydrogen-bond donors (Lipinski definition) is 1. The smallest absolute Gasteiger partial charge is 0.339 e. The quantitative estimate of drug-likeness (QED) is 0.798. The molecule has 108 valence electrons. The summed E-state index contributed by atoms with van der Waals surface area (Å²) in [4.78, 5) is 26.6. The van der Waals surface area contributed by atoms with Crippen LogP contribution >= 0.6 is 0 Å². The molecule has 0 spiro atoms. The third-order valence-corrected chi connectivity index (χ3v) is 3.46. The topological polar surface area (TPSA) is 70.1 Å². The second-order valence-electron chi connectivity index (χ2n) is 4.75. The number of amides is 1. The minimum Gasteiger partial charge on any atom is -0.467 e. The number of rotatable bonds is 3. The van der Waals surface area contributed by atoms with Crippen molar-refractivity contribution < 1.29 is 19.4 Å². The van der Waals surface area contributed by atoms with Crippen LogP contribution in [-0.4, -0.2) is 55.7 Å². The zero-order chi connectivity index (χ0) is 14.7. The number of aliphatic hydroxyl groups is 1. The SMILES string of the molecule is COC(=O)C(O)c1ccc(N2CCN(C)C(=O)C2)cc1. The van der Waals surface area contributed by atoms with Crippen molar-refractivity contribution in [2.75, 3.05) is 38.7 Å². The van der Waals surface area contributed by atoms with Crippen molar-refractivity contribution in [1.29, 1.82) is 0 Å². The first-order valence-corrected chi connectivity index (χ1v) is 6.37. The molecule has 2 rings (SSSR count). The van der Waals surface area contributed by atoms with Crippen LogP contribution in [0.5, 0.6) is 0 Å². The van der Waals surface area contributed by atoms with Crippen molar-refractivity contribution in [2.45, 2.75) is 6.10 Å². The largest absolute Gasteiger partial charge is 0.467 e. The monoisotopic (exact) mass is 278 g/mol. The molecule has 1 aliphatic heterocycles. The summed E-state index contributed by atoms with van der Waals surface area (Å²) in [6.07, 6.45) is -1.27. The molecule has 6 heteroatoms. The van der Waals surface area contributed by atoms with E-state index in [-0.39, 0.29) is 5.91 Å². The Kier molecular flexibility index (Phi) is 4.24. The minimum absolute atomic E-state index is 0.0786. The van der Waals surface area contributed by atoms with E-state index in [9.17, 15) is 14.7 Å². The zero-order valence-electron chi connectivity index (χ0n) is 11.6. The third-order valence-electron chi connectivity index (χ3n) is 3.46. The Hall–Kier alpha value is -2.08. The Bertz CT molecular complexity index is 500. The molecular weight excluding hydrogens is 260 g/mol. The third kappa shape index (κ3) is 2.91. The molecule has 1 N–H and O–H groups in total. The van der Waals surface area contributed by atoms with E-state index in [0.29, 0.717) is 18.7 Å². The summed E-state index contributed by atoms with van der Waals surface area (Å²) < 4.78 is 4.49. The van der Waals surface area contributed by atoms with Crippen LogP contribution in [0.3, 0.4) is 0 Å². The molecule has 1 saturated heterocycles. The van der Waals surface area contributed by atoms with Gasteiger partial charge in [-0.1, -0.05) is 12.1 Å². The summed E-state index contributed by atoms with van der Waals surface area (Å²) in [6, 6.07) is 6.92. The number of aliphatic hydroxyl groups excluding tert-OH is 1. The van der Waals surface area contributed by atoms with E-state index >= 15 is 0 Å². The number of nitrogens with zero attached hydrogens (tertiary/aromatic N) is 2. The van der Waals surface area contributed by atoms with E-state index in [1.165, 1.54) is 7.11 Å². The van der Waals surface area contributed by atoms with Crippen molar-refractivity contribution in [3.63, 3.8) is 0 Å². The van der Waals surface area contributed by atoms with Gasteiger partial charge in [0.05, 0.1) is 13.7 Å². The number of ether oxygens (including phenoxy) is 1. The molecule has 0 aromatic heterocycles. The summed E-state index contributed by atoms with van der Waals surface area (Å²) >= 11 is 0. The molecule has 1 aromatic rings. The van der Waals surface area contributed by atoms with Gasteiger partial charge in [0.2, 0.25) is 5.91 Å². The maximum Gasteiger partial charge on any atom is 0.339 e. The predicted octanol–water partition coefficient (Wildman–Crippen LogP) is 0.171. The highest BCUT2D eigenvalue weighted by molar-refractivity contribution is 5.82. The van der Waals surface area contributed by atoms with Gasteiger partial charge in [0.25, 0.3) is 0 Å². The van der Waals surface area contributed by atoms with Crippen LogP contribution in [-0.2, 0) is 14.3 Å². The van der Waals surface area contributed by atoms with Crippen LogP contribution in [0.1, 0.15) is 11.7 Å². The Morgan fingerprint density at radius 3 is 2.50 bits per heavy atom. The Labute approximate surface area is 117 Å². The van der Waals surface area contributed by atoms with Crippen molar-refractivity contribution in [1.82, 2.24) is 4.90 Å².